The van der Waals surface area contributed by atoms with E-state index >= 15 is 0 Å². The van der Waals surface area contributed by atoms with Gasteiger partial charge in [-0.15, -0.1) is 0 Å². The summed E-state index contributed by atoms with van der Waals surface area (Å²) < 4.78 is 5.54. The number of H-pyrrole nitrogens is 1. The molecule has 138 valence electrons. The van der Waals surface area contributed by atoms with E-state index in [0.717, 1.165) is 4.57 Å². The number of ether oxygens (including phenoxy) is 1. The molecule has 2 aromatic carbocycles. The van der Waals surface area contributed by atoms with Crippen molar-refractivity contribution in [2.45, 2.75) is 13.0 Å². The van der Waals surface area contributed by atoms with E-state index in [0.29, 0.717) is 10.9 Å². The van der Waals surface area contributed by atoms with Gasteiger partial charge in [-0.2, -0.15) is 0 Å². The second-order valence-electron chi connectivity index (χ2n) is 5.85. The maximum Gasteiger partial charge on any atom is 0.339 e. The van der Waals surface area contributed by atoms with Gasteiger partial charge in [-0.1, -0.05) is 24.3 Å². The van der Waals surface area contributed by atoms with Crippen LogP contribution in [0.2, 0.25) is 0 Å². The minimum Gasteiger partial charge on any atom is -0.465 e. The number of nitrogens with zero attached hydrogens (tertiary/aromatic N) is 1. The molecule has 0 aliphatic carbocycles. The van der Waals surface area contributed by atoms with Crippen LogP contribution in [0.1, 0.15) is 23.3 Å². The van der Waals surface area contributed by atoms with Gasteiger partial charge in [0.25, 0.3) is 5.56 Å². The van der Waals surface area contributed by atoms with E-state index in [4.69, 9.17) is 0 Å². The zero-order chi connectivity index (χ0) is 19.6. The Hall–Kier alpha value is -3.68. The quantitative estimate of drug-likeness (QED) is 0.682. The molecule has 2 N–H and O–H groups in total. The Labute approximate surface area is 153 Å². The number of esters is 1. The number of methoxy groups -OCH3 is 1. The first kappa shape index (κ1) is 18.1. The zero-order valence-corrected chi connectivity index (χ0v) is 14.7. The van der Waals surface area contributed by atoms with Crippen LogP contribution in [-0.4, -0.2) is 28.5 Å². The summed E-state index contributed by atoms with van der Waals surface area (Å²) in [6, 6.07) is 11.8. The molecule has 1 unspecified atom stereocenters. The highest BCUT2D eigenvalue weighted by Gasteiger charge is 2.22. The number of benzene rings is 2. The highest BCUT2D eigenvalue weighted by atomic mass is 16.5. The van der Waals surface area contributed by atoms with Crippen LogP contribution in [-0.2, 0) is 9.53 Å². The van der Waals surface area contributed by atoms with E-state index in [1.807, 2.05) is 0 Å². The van der Waals surface area contributed by atoms with E-state index < -0.39 is 29.2 Å². The summed E-state index contributed by atoms with van der Waals surface area (Å²) in [6.45, 7) is 1.43. The molecular formula is C19H17N3O5. The van der Waals surface area contributed by atoms with Crippen molar-refractivity contribution in [3.8, 4) is 0 Å². The molecule has 0 spiro atoms. The van der Waals surface area contributed by atoms with Gasteiger partial charge in [0.2, 0.25) is 5.91 Å². The van der Waals surface area contributed by atoms with Crippen LogP contribution < -0.4 is 16.6 Å². The van der Waals surface area contributed by atoms with Crippen molar-refractivity contribution in [3.05, 3.63) is 74.9 Å². The molecule has 8 heteroatoms. The second kappa shape index (κ2) is 7.28. The smallest absolute Gasteiger partial charge is 0.339 e. The van der Waals surface area contributed by atoms with Crippen LogP contribution in [0, 0.1) is 0 Å². The monoisotopic (exact) mass is 367 g/mol. The van der Waals surface area contributed by atoms with Gasteiger partial charge in [0.05, 0.1) is 29.3 Å². The molecule has 1 amide bonds. The number of hydrogen-bond donors (Lipinski definition) is 2. The fourth-order valence-corrected chi connectivity index (χ4v) is 2.76. The molecule has 3 rings (SSSR count). The molecule has 0 bridgehead atoms. The lowest BCUT2D eigenvalue weighted by Crippen LogP contribution is -2.41. The average Bonchev–Trinajstić information content (AvgIpc) is 2.67. The third kappa shape index (κ3) is 3.37. The van der Waals surface area contributed by atoms with E-state index in [2.05, 4.69) is 15.0 Å². The normalized spacial score (nSPS) is 11.8. The maximum absolute atomic E-state index is 12.7. The van der Waals surface area contributed by atoms with Gasteiger partial charge >= 0.3 is 11.7 Å². The van der Waals surface area contributed by atoms with Crippen LogP contribution >= 0.6 is 0 Å². The third-order valence-corrected chi connectivity index (χ3v) is 4.19. The Kier molecular flexibility index (Phi) is 4.89. The molecule has 0 saturated carbocycles. The Morgan fingerprint density at radius 1 is 1.07 bits per heavy atom. The third-order valence-electron chi connectivity index (χ3n) is 4.19. The van der Waals surface area contributed by atoms with E-state index in [-0.39, 0.29) is 11.3 Å². The fourth-order valence-electron chi connectivity index (χ4n) is 2.76. The van der Waals surface area contributed by atoms with Crippen molar-refractivity contribution in [1.29, 1.82) is 0 Å². The molecule has 0 fully saturated rings. The molecule has 0 aliphatic heterocycles. The minimum absolute atomic E-state index is 0.167. The van der Waals surface area contributed by atoms with Gasteiger partial charge in [0.15, 0.2) is 0 Å². The molecule has 1 aromatic heterocycles. The second-order valence-corrected chi connectivity index (χ2v) is 5.85. The largest absolute Gasteiger partial charge is 0.465 e. The standard InChI is InChI=1S/C19H17N3O5/c1-11(16(23)20-15-10-6-4-8-13(15)18(25)27-2)22-17(24)12-7-3-5-9-14(12)21-19(22)26/h3-11H,1-2H3,(H,20,23)(H,21,26). The summed E-state index contributed by atoms with van der Waals surface area (Å²) in [5, 5.41) is 2.87. The van der Waals surface area contributed by atoms with Crippen molar-refractivity contribution in [1.82, 2.24) is 9.55 Å². The Morgan fingerprint density at radius 2 is 1.74 bits per heavy atom. The number of carbonyl (C=O) groups is 2. The number of hydrogen-bond acceptors (Lipinski definition) is 5. The van der Waals surface area contributed by atoms with Gasteiger partial charge in [0.1, 0.15) is 6.04 Å². The Morgan fingerprint density at radius 3 is 2.48 bits per heavy atom. The Balaban J connectivity index is 1.98. The lowest BCUT2D eigenvalue weighted by Gasteiger charge is -2.16. The van der Waals surface area contributed by atoms with Gasteiger partial charge in [0, 0.05) is 0 Å². The molecular weight excluding hydrogens is 350 g/mol. The van der Waals surface area contributed by atoms with Gasteiger partial charge in [-0.25, -0.2) is 14.2 Å². The predicted molar refractivity (Wildman–Crippen MR) is 100.0 cm³/mol. The zero-order valence-electron chi connectivity index (χ0n) is 14.7. The summed E-state index contributed by atoms with van der Waals surface area (Å²) in [5.74, 6) is -1.23. The first-order valence-corrected chi connectivity index (χ1v) is 8.16. The number of aromatic nitrogens is 2. The number of rotatable bonds is 4. The van der Waals surface area contributed by atoms with Crippen LogP contribution in [0.4, 0.5) is 5.69 Å². The molecule has 1 heterocycles. The topological polar surface area (TPSA) is 110 Å². The molecule has 3 aromatic rings. The van der Waals surface area contributed by atoms with Crippen molar-refractivity contribution < 1.29 is 14.3 Å². The number of nitrogens with one attached hydrogen (secondary N) is 2. The van der Waals surface area contributed by atoms with Crippen molar-refractivity contribution >= 4 is 28.5 Å². The first-order chi connectivity index (χ1) is 12.9. The SMILES string of the molecule is COC(=O)c1ccccc1NC(=O)C(C)n1c(=O)[nH]c2ccccc2c1=O. The maximum atomic E-state index is 12.7. The van der Waals surface area contributed by atoms with Crippen LogP contribution in [0.25, 0.3) is 10.9 Å². The molecule has 27 heavy (non-hydrogen) atoms. The summed E-state index contributed by atoms with van der Waals surface area (Å²) in [6.07, 6.45) is 0. The molecule has 0 saturated heterocycles. The van der Waals surface area contributed by atoms with Gasteiger partial charge in [-0.05, 0) is 31.2 Å². The van der Waals surface area contributed by atoms with Crippen LogP contribution in [0.3, 0.4) is 0 Å². The average molecular weight is 367 g/mol. The van der Waals surface area contributed by atoms with E-state index in [1.165, 1.54) is 26.2 Å². The summed E-state index contributed by atoms with van der Waals surface area (Å²) >= 11 is 0. The number of aromatic amines is 1. The van der Waals surface area contributed by atoms with Crippen molar-refractivity contribution in [2.75, 3.05) is 12.4 Å². The Bertz CT molecular complexity index is 1150. The summed E-state index contributed by atoms with van der Waals surface area (Å²) in [7, 11) is 1.23. The molecule has 1 atom stereocenters. The lowest BCUT2D eigenvalue weighted by molar-refractivity contribution is -0.119. The summed E-state index contributed by atoms with van der Waals surface area (Å²) in [5.41, 5.74) is -0.472. The van der Waals surface area contributed by atoms with E-state index in [1.54, 1.807) is 36.4 Å². The number of fused-ring (bicyclic) bond motifs is 1. The summed E-state index contributed by atoms with van der Waals surface area (Å²) in [4.78, 5) is 52.0. The number of carbonyl (C=O) groups excluding carboxylic acids is 2. The minimum atomic E-state index is -1.10. The van der Waals surface area contributed by atoms with Crippen LogP contribution in [0.5, 0.6) is 0 Å². The number of anilines is 1. The van der Waals surface area contributed by atoms with Gasteiger partial charge in [-0.3, -0.25) is 9.59 Å². The molecule has 0 aliphatic rings. The fraction of sp³-hybridized carbons (Fsp3) is 0.158. The lowest BCUT2D eigenvalue weighted by atomic mass is 10.1. The van der Waals surface area contributed by atoms with Crippen LogP contribution in [0.15, 0.2) is 58.1 Å². The highest BCUT2D eigenvalue weighted by molar-refractivity contribution is 6.02. The predicted octanol–water partition coefficient (Wildman–Crippen LogP) is 1.68. The number of amides is 1. The molecule has 0 radical (unpaired) electrons. The first-order valence-electron chi connectivity index (χ1n) is 8.16. The van der Waals surface area contributed by atoms with Gasteiger partial charge < -0.3 is 15.0 Å². The molecule has 8 nitrogen and oxygen atoms in total. The van der Waals surface area contributed by atoms with E-state index in [9.17, 15) is 19.2 Å². The van der Waals surface area contributed by atoms with Crippen molar-refractivity contribution in [3.63, 3.8) is 0 Å². The highest BCUT2D eigenvalue weighted by Crippen LogP contribution is 2.17. The number of para-hydroxylation sites is 2. The van der Waals surface area contributed by atoms with Crippen molar-refractivity contribution in [2.24, 2.45) is 0 Å².